The van der Waals surface area contributed by atoms with Gasteiger partial charge in [0.15, 0.2) is 0 Å². The highest BCUT2D eigenvalue weighted by atomic mass is 16.6. The normalized spacial score (nSPS) is 8.17. The summed E-state index contributed by atoms with van der Waals surface area (Å²) in [7, 11) is 0. The molecule has 0 aromatic heterocycles. The highest BCUT2D eigenvalue weighted by molar-refractivity contribution is 5.52. The van der Waals surface area contributed by atoms with Crippen molar-refractivity contribution in [3.63, 3.8) is 0 Å². The Morgan fingerprint density at radius 2 is 2.50 bits per heavy atom. The number of hydrogen-bond acceptors (Lipinski definition) is 3. The van der Waals surface area contributed by atoms with Crippen LogP contribution in [-0.4, -0.2) is 12.8 Å². The molecule has 36 valence electrons. The minimum atomic E-state index is 0.448. The first-order chi connectivity index (χ1) is 2.91. The van der Waals surface area contributed by atoms with E-state index in [-0.39, 0.29) is 0 Å². The van der Waals surface area contributed by atoms with Gasteiger partial charge in [0.2, 0.25) is 0 Å². The summed E-state index contributed by atoms with van der Waals surface area (Å²) >= 11 is 0. The van der Waals surface area contributed by atoms with Crippen molar-refractivity contribution in [2.75, 3.05) is 6.61 Å². The maximum Gasteiger partial charge on any atom is 0.0728 e. The van der Waals surface area contributed by atoms with Gasteiger partial charge < -0.3 is 10.2 Å². The number of nitrogens with two attached hydrogens (primary N) is 1. The van der Waals surface area contributed by atoms with Gasteiger partial charge in [0.25, 0.3) is 0 Å². The monoisotopic (exact) mass is 88.1 g/mol. The van der Waals surface area contributed by atoms with Crippen LogP contribution in [0.1, 0.15) is 6.42 Å². The van der Waals surface area contributed by atoms with Crippen LogP contribution in [0.4, 0.5) is 0 Å². The van der Waals surface area contributed by atoms with Gasteiger partial charge in [-0.2, -0.15) is 0 Å². The lowest BCUT2D eigenvalue weighted by molar-refractivity contribution is 0.146. The molecule has 3 N–H and O–H groups in total. The zero-order valence-electron chi connectivity index (χ0n) is 3.48. The second kappa shape index (κ2) is 4.59. The van der Waals surface area contributed by atoms with E-state index in [4.69, 9.17) is 5.41 Å². The Bertz CT molecular complexity index is 37.8. The van der Waals surface area contributed by atoms with E-state index in [9.17, 15) is 0 Å². The van der Waals surface area contributed by atoms with Gasteiger partial charge in [0.05, 0.1) is 6.61 Å². The minimum absolute atomic E-state index is 0.448. The van der Waals surface area contributed by atoms with E-state index >= 15 is 0 Å². The Morgan fingerprint density at radius 3 is 2.67 bits per heavy atom. The zero-order valence-corrected chi connectivity index (χ0v) is 3.48. The number of nitrogens with one attached hydrogen (secondary N) is 1. The molecular weight excluding hydrogens is 80.0 g/mol. The lowest BCUT2D eigenvalue weighted by Crippen LogP contribution is -1.99. The third-order valence-corrected chi connectivity index (χ3v) is 0.380. The molecule has 6 heavy (non-hydrogen) atoms. The van der Waals surface area contributed by atoms with Gasteiger partial charge in [-0.3, -0.25) is 0 Å². The van der Waals surface area contributed by atoms with E-state index < -0.39 is 0 Å². The summed E-state index contributed by atoms with van der Waals surface area (Å²) in [6.07, 6.45) is 1.86. The molecule has 0 aromatic rings. The molecule has 0 fully saturated rings. The first-order valence-electron chi connectivity index (χ1n) is 1.72. The number of rotatable bonds is 3. The van der Waals surface area contributed by atoms with Gasteiger partial charge in [0, 0.05) is 6.42 Å². The van der Waals surface area contributed by atoms with Gasteiger partial charge in [-0.1, -0.05) is 0 Å². The van der Waals surface area contributed by atoms with E-state index in [0.29, 0.717) is 13.0 Å². The van der Waals surface area contributed by atoms with E-state index in [1.165, 1.54) is 6.21 Å². The van der Waals surface area contributed by atoms with Crippen LogP contribution >= 0.6 is 0 Å². The van der Waals surface area contributed by atoms with Crippen LogP contribution < -0.4 is 5.90 Å². The van der Waals surface area contributed by atoms with Crippen molar-refractivity contribution in [3.8, 4) is 0 Å². The Kier molecular flexibility index (Phi) is 4.28. The zero-order chi connectivity index (χ0) is 4.83. The molecule has 0 aliphatic rings. The molecule has 0 atom stereocenters. The smallest absolute Gasteiger partial charge is 0.0728 e. The third-order valence-electron chi connectivity index (χ3n) is 0.380. The molecule has 0 rings (SSSR count). The predicted molar refractivity (Wildman–Crippen MR) is 23.5 cm³/mol. The second-order valence-corrected chi connectivity index (χ2v) is 0.864. The van der Waals surface area contributed by atoms with Crippen molar-refractivity contribution in [2.24, 2.45) is 5.90 Å². The van der Waals surface area contributed by atoms with Crippen LogP contribution in [0.3, 0.4) is 0 Å². The lowest BCUT2D eigenvalue weighted by atomic mass is 10.5. The average Bonchev–Trinajstić information content (AvgIpc) is 1.61. The molecule has 0 bridgehead atoms. The Labute approximate surface area is 36.6 Å². The van der Waals surface area contributed by atoms with Crippen LogP contribution in [0.25, 0.3) is 0 Å². The molecular formula is C3H8N2O. The summed E-state index contributed by atoms with van der Waals surface area (Å²) in [5, 5.41) is 6.45. The maximum atomic E-state index is 6.45. The van der Waals surface area contributed by atoms with E-state index in [1.54, 1.807) is 0 Å². The first kappa shape index (κ1) is 5.59. The van der Waals surface area contributed by atoms with Crippen LogP contribution in [-0.2, 0) is 4.84 Å². The van der Waals surface area contributed by atoms with Crippen molar-refractivity contribution in [1.82, 2.24) is 0 Å². The molecule has 0 amide bonds. The van der Waals surface area contributed by atoms with Crippen LogP contribution in [0.2, 0.25) is 0 Å². The fourth-order valence-corrected chi connectivity index (χ4v) is 0.127. The predicted octanol–water partition coefficient (Wildman–Crippen LogP) is -0.0836. The summed E-state index contributed by atoms with van der Waals surface area (Å²) < 4.78 is 0. The molecule has 0 aromatic carbocycles. The average molecular weight is 88.1 g/mol. The first-order valence-corrected chi connectivity index (χ1v) is 1.72. The highest BCUT2D eigenvalue weighted by Crippen LogP contribution is 1.66. The summed E-state index contributed by atoms with van der Waals surface area (Å²) in [6, 6.07) is 0. The molecule has 3 heteroatoms. The fourth-order valence-electron chi connectivity index (χ4n) is 0.127. The molecule has 3 nitrogen and oxygen atoms in total. The largest absolute Gasteiger partial charge is 0.313 e. The molecule has 0 heterocycles. The molecule has 0 unspecified atom stereocenters. The standard InChI is InChI=1S/C3H8N2O/c4-2-1-3-6-5/h2,4H,1,3,5H2. The quantitative estimate of drug-likeness (QED) is 0.288. The summed E-state index contributed by atoms with van der Waals surface area (Å²) in [5.74, 6) is 4.61. The molecule has 0 spiro atoms. The molecule has 0 saturated heterocycles. The van der Waals surface area contributed by atoms with Gasteiger partial charge in [0.1, 0.15) is 0 Å². The Morgan fingerprint density at radius 1 is 1.83 bits per heavy atom. The molecule has 0 aliphatic heterocycles. The highest BCUT2D eigenvalue weighted by Gasteiger charge is 1.72. The summed E-state index contributed by atoms with van der Waals surface area (Å²) in [6.45, 7) is 0.448. The lowest BCUT2D eigenvalue weighted by Gasteiger charge is -1.84. The van der Waals surface area contributed by atoms with E-state index in [1.807, 2.05) is 0 Å². The van der Waals surface area contributed by atoms with Crippen LogP contribution in [0, 0.1) is 5.41 Å². The Hall–Kier alpha value is -0.410. The summed E-state index contributed by atoms with van der Waals surface area (Å²) in [5.41, 5.74) is 0. The molecule has 0 saturated carbocycles. The SMILES string of the molecule is N=CCCON. The van der Waals surface area contributed by atoms with E-state index in [2.05, 4.69) is 10.7 Å². The van der Waals surface area contributed by atoms with Crippen molar-refractivity contribution < 1.29 is 4.84 Å². The second-order valence-electron chi connectivity index (χ2n) is 0.864. The fraction of sp³-hybridized carbons (Fsp3) is 0.667. The third kappa shape index (κ3) is 3.59. The molecule has 0 radical (unpaired) electrons. The van der Waals surface area contributed by atoms with Crippen molar-refractivity contribution in [1.29, 1.82) is 5.41 Å². The van der Waals surface area contributed by atoms with Gasteiger partial charge in [-0.15, -0.1) is 0 Å². The Balaban J connectivity index is 2.49. The van der Waals surface area contributed by atoms with Crippen LogP contribution in [0.5, 0.6) is 0 Å². The van der Waals surface area contributed by atoms with E-state index in [0.717, 1.165) is 0 Å². The van der Waals surface area contributed by atoms with Crippen LogP contribution in [0.15, 0.2) is 0 Å². The van der Waals surface area contributed by atoms with Gasteiger partial charge in [-0.25, -0.2) is 5.90 Å². The topological polar surface area (TPSA) is 59.1 Å². The van der Waals surface area contributed by atoms with Gasteiger partial charge >= 0.3 is 0 Å². The number of hydrogen-bond donors (Lipinski definition) is 2. The van der Waals surface area contributed by atoms with Crippen molar-refractivity contribution in [3.05, 3.63) is 0 Å². The van der Waals surface area contributed by atoms with Gasteiger partial charge in [-0.05, 0) is 6.21 Å². The van der Waals surface area contributed by atoms with Crippen molar-refractivity contribution in [2.45, 2.75) is 6.42 Å². The maximum absolute atomic E-state index is 6.45. The van der Waals surface area contributed by atoms with Crippen molar-refractivity contribution >= 4 is 6.21 Å². The summed E-state index contributed by atoms with van der Waals surface area (Å²) in [4.78, 5) is 4.13. The minimum Gasteiger partial charge on any atom is -0.313 e. The molecule has 0 aliphatic carbocycles.